The fraction of sp³-hybridized carbons (Fsp3) is 0.500. The SMILES string of the molecule is CCOc1cc2c(nc1C)C(=N)N(CC(=O)c1cc(C(C)(C)C)c(O)c(C(C)(C)C)c1)C2.Cl. The molecular formula is C26H36ClN3O3. The molecule has 2 N–H and O–H groups in total. The zero-order valence-electron chi connectivity index (χ0n) is 20.9. The predicted octanol–water partition coefficient (Wildman–Crippen LogP) is 5.53. The molecule has 0 saturated heterocycles. The second-order valence-electron chi connectivity index (χ2n) is 10.6. The van der Waals surface area contributed by atoms with Crippen molar-refractivity contribution in [1.82, 2.24) is 9.88 Å². The Morgan fingerprint density at radius 3 is 2.15 bits per heavy atom. The lowest BCUT2D eigenvalue weighted by Crippen LogP contribution is -2.31. The molecule has 2 heterocycles. The van der Waals surface area contributed by atoms with Crippen LogP contribution in [0.2, 0.25) is 0 Å². The number of fused-ring (bicyclic) bond motifs is 1. The van der Waals surface area contributed by atoms with Crippen molar-refractivity contribution in [2.75, 3.05) is 13.2 Å². The van der Waals surface area contributed by atoms with Crippen LogP contribution in [0.5, 0.6) is 11.5 Å². The predicted molar refractivity (Wildman–Crippen MR) is 134 cm³/mol. The van der Waals surface area contributed by atoms with Crippen molar-refractivity contribution in [2.45, 2.75) is 72.8 Å². The lowest BCUT2D eigenvalue weighted by molar-refractivity contribution is 0.0962. The number of carbonyl (C=O) groups is 1. The maximum atomic E-state index is 13.3. The number of hydrogen-bond acceptors (Lipinski definition) is 5. The van der Waals surface area contributed by atoms with Crippen LogP contribution in [0.1, 0.15) is 86.9 Å². The van der Waals surface area contributed by atoms with Gasteiger partial charge in [0, 0.05) is 28.8 Å². The van der Waals surface area contributed by atoms with E-state index >= 15 is 0 Å². The Hall–Kier alpha value is -2.60. The number of ether oxygens (including phenoxy) is 1. The fourth-order valence-corrected chi connectivity index (χ4v) is 4.03. The van der Waals surface area contributed by atoms with Gasteiger partial charge in [0.05, 0.1) is 18.8 Å². The van der Waals surface area contributed by atoms with Crippen molar-refractivity contribution in [3.63, 3.8) is 0 Å². The van der Waals surface area contributed by atoms with Crippen molar-refractivity contribution in [3.8, 4) is 11.5 Å². The first kappa shape index (κ1) is 26.7. The number of pyridine rings is 1. The molecule has 1 aliphatic heterocycles. The van der Waals surface area contributed by atoms with Gasteiger partial charge in [0.25, 0.3) is 0 Å². The number of amidine groups is 1. The molecule has 0 bridgehead atoms. The molecule has 33 heavy (non-hydrogen) atoms. The van der Waals surface area contributed by atoms with Gasteiger partial charge in [-0.1, -0.05) is 41.5 Å². The summed E-state index contributed by atoms with van der Waals surface area (Å²) < 4.78 is 5.64. The smallest absolute Gasteiger partial charge is 0.182 e. The van der Waals surface area contributed by atoms with Crippen LogP contribution >= 0.6 is 12.4 Å². The third kappa shape index (κ3) is 5.32. The van der Waals surface area contributed by atoms with Crippen molar-refractivity contribution in [2.24, 2.45) is 0 Å². The number of aryl methyl sites for hydroxylation is 1. The van der Waals surface area contributed by atoms with E-state index in [1.54, 1.807) is 17.0 Å². The van der Waals surface area contributed by atoms with Crippen LogP contribution in [0.4, 0.5) is 0 Å². The number of halogens is 1. The van der Waals surface area contributed by atoms with Gasteiger partial charge in [-0.2, -0.15) is 0 Å². The molecule has 7 heteroatoms. The topological polar surface area (TPSA) is 86.5 Å². The summed E-state index contributed by atoms with van der Waals surface area (Å²) in [5.41, 5.74) is 3.69. The maximum absolute atomic E-state index is 13.3. The van der Waals surface area contributed by atoms with Crippen molar-refractivity contribution < 1.29 is 14.6 Å². The van der Waals surface area contributed by atoms with Gasteiger partial charge < -0.3 is 14.7 Å². The van der Waals surface area contributed by atoms with Crippen LogP contribution in [-0.4, -0.2) is 39.8 Å². The highest BCUT2D eigenvalue weighted by Gasteiger charge is 2.31. The molecule has 1 aromatic carbocycles. The standard InChI is InChI=1S/C26H35N3O3.ClH/c1-9-32-21-12-17-13-29(24(27)22(17)28-15(21)2)14-20(30)16-10-18(25(3,4)5)23(31)19(11-16)26(6,7)8;/h10-12,27,31H,9,13-14H2,1-8H3;1H. The molecule has 0 fully saturated rings. The number of aromatic nitrogens is 1. The minimum absolute atomic E-state index is 0. The fourth-order valence-electron chi connectivity index (χ4n) is 4.03. The summed E-state index contributed by atoms with van der Waals surface area (Å²) in [6, 6.07) is 5.53. The van der Waals surface area contributed by atoms with Gasteiger partial charge >= 0.3 is 0 Å². The van der Waals surface area contributed by atoms with Gasteiger partial charge in [-0.15, -0.1) is 12.4 Å². The number of hydrogen-bond donors (Lipinski definition) is 2. The summed E-state index contributed by atoms with van der Waals surface area (Å²) in [6.07, 6.45) is 0. The van der Waals surface area contributed by atoms with E-state index in [1.165, 1.54) is 0 Å². The minimum atomic E-state index is -0.311. The largest absolute Gasteiger partial charge is 0.507 e. The van der Waals surface area contributed by atoms with Crippen LogP contribution in [0, 0.1) is 12.3 Å². The number of nitrogens with one attached hydrogen (secondary N) is 1. The molecule has 2 aromatic rings. The van der Waals surface area contributed by atoms with Crippen LogP contribution in [-0.2, 0) is 17.4 Å². The van der Waals surface area contributed by atoms with Crippen LogP contribution in [0.25, 0.3) is 0 Å². The van der Waals surface area contributed by atoms with Crippen LogP contribution < -0.4 is 4.74 Å². The first-order valence-electron chi connectivity index (χ1n) is 11.1. The average molecular weight is 474 g/mol. The van der Waals surface area contributed by atoms with Gasteiger partial charge in [0.2, 0.25) is 0 Å². The van der Waals surface area contributed by atoms with E-state index in [9.17, 15) is 9.90 Å². The number of Topliss-reactive ketones (excluding diaryl/α,β-unsaturated/α-hetero) is 1. The number of phenols is 1. The quantitative estimate of drug-likeness (QED) is 0.557. The molecule has 0 aliphatic carbocycles. The highest BCUT2D eigenvalue weighted by molar-refractivity contribution is 6.04. The second kappa shape index (κ2) is 9.34. The highest BCUT2D eigenvalue weighted by Crippen LogP contribution is 2.40. The second-order valence-corrected chi connectivity index (χ2v) is 10.6. The van der Waals surface area contributed by atoms with E-state index in [1.807, 2.05) is 61.5 Å². The number of nitrogens with zero attached hydrogens (tertiary/aromatic N) is 2. The molecule has 0 atom stereocenters. The third-order valence-electron chi connectivity index (χ3n) is 5.83. The van der Waals surface area contributed by atoms with Gasteiger partial charge in [-0.05, 0) is 42.9 Å². The number of benzene rings is 1. The van der Waals surface area contributed by atoms with E-state index in [4.69, 9.17) is 10.1 Å². The van der Waals surface area contributed by atoms with E-state index in [-0.39, 0.29) is 47.2 Å². The van der Waals surface area contributed by atoms with Gasteiger partial charge in [0.1, 0.15) is 23.0 Å². The highest BCUT2D eigenvalue weighted by atomic mass is 35.5. The van der Waals surface area contributed by atoms with E-state index in [2.05, 4.69) is 4.98 Å². The molecule has 0 unspecified atom stereocenters. The molecule has 1 aliphatic rings. The molecule has 3 rings (SSSR count). The van der Waals surface area contributed by atoms with E-state index in [0.717, 1.165) is 28.1 Å². The van der Waals surface area contributed by atoms with E-state index in [0.29, 0.717) is 24.4 Å². The maximum Gasteiger partial charge on any atom is 0.182 e. The zero-order valence-corrected chi connectivity index (χ0v) is 21.7. The molecule has 0 radical (unpaired) electrons. The number of aromatic hydroxyl groups is 1. The Morgan fingerprint density at radius 2 is 1.67 bits per heavy atom. The molecule has 1 aromatic heterocycles. The summed E-state index contributed by atoms with van der Waals surface area (Å²) in [6.45, 7) is 17.0. The number of carbonyl (C=O) groups excluding carboxylic acids is 1. The summed E-state index contributed by atoms with van der Waals surface area (Å²) in [4.78, 5) is 19.6. The molecular weight excluding hydrogens is 438 g/mol. The Balaban J connectivity index is 0.00000385. The number of phenolic OH excluding ortho intramolecular Hbond substituents is 1. The number of ketones is 1. The molecule has 0 spiro atoms. The first-order chi connectivity index (χ1) is 14.7. The Labute approximate surface area is 203 Å². The Kier molecular flexibility index (Phi) is 7.54. The van der Waals surface area contributed by atoms with Gasteiger partial charge in [0.15, 0.2) is 5.78 Å². The van der Waals surface area contributed by atoms with E-state index < -0.39 is 0 Å². The van der Waals surface area contributed by atoms with Crippen LogP contribution in [0.3, 0.4) is 0 Å². The Bertz CT molecular complexity index is 1050. The van der Waals surface area contributed by atoms with Crippen molar-refractivity contribution >= 4 is 24.0 Å². The zero-order chi connectivity index (χ0) is 24.0. The first-order valence-corrected chi connectivity index (χ1v) is 11.1. The lowest BCUT2D eigenvalue weighted by Gasteiger charge is -2.28. The van der Waals surface area contributed by atoms with Gasteiger partial charge in [-0.3, -0.25) is 10.2 Å². The van der Waals surface area contributed by atoms with Crippen molar-refractivity contribution in [1.29, 1.82) is 5.41 Å². The molecule has 180 valence electrons. The number of rotatable bonds is 5. The van der Waals surface area contributed by atoms with Crippen LogP contribution in [0.15, 0.2) is 18.2 Å². The summed E-state index contributed by atoms with van der Waals surface area (Å²) in [5, 5.41) is 19.5. The summed E-state index contributed by atoms with van der Waals surface area (Å²) in [7, 11) is 0. The monoisotopic (exact) mass is 473 g/mol. The third-order valence-corrected chi connectivity index (χ3v) is 5.83. The van der Waals surface area contributed by atoms with Gasteiger partial charge in [-0.25, -0.2) is 4.98 Å². The molecule has 6 nitrogen and oxygen atoms in total. The van der Waals surface area contributed by atoms with Crippen molar-refractivity contribution in [3.05, 3.63) is 51.8 Å². The molecule has 0 saturated carbocycles. The Morgan fingerprint density at radius 1 is 1.12 bits per heavy atom. The minimum Gasteiger partial charge on any atom is -0.507 e. The average Bonchev–Trinajstić information content (AvgIpc) is 2.95. The molecule has 0 amide bonds. The lowest BCUT2D eigenvalue weighted by atomic mass is 9.78. The normalized spacial score (nSPS) is 13.6. The summed E-state index contributed by atoms with van der Waals surface area (Å²) >= 11 is 0. The summed E-state index contributed by atoms with van der Waals surface area (Å²) in [5.74, 6) is 1.15.